The van der Waals surface area contributed by atoms with Gasteiger partial charge >= 0.3 is 0 Å². The number of hydrogen-bond acceptors (Lipinski definition) is 6. The number of hydrogen-bond donors (Lipinski definition) is 3. The number of rotatable bonds is 5. The highest BCUT2D eigenvalue weighted by atomic mass is 35.5. The number of fused-ring (bicyclic) bond motifs is 1. The Morgan fingerprint density at radius 2 is 1.97 bits per heavy atom. The molecular formula is C21H24ClN3O3S. The van der Waals surface area contributed by atoms with Gasteiger partial charge in [0.15, 0.2) is 11.5 Å². The predicted molar refractivity (Wildman–Crippen MR) is 115 cm³/mol. The molecule has 2 aliphatic rings. The van der Waals surface area contributed by atoms with Crippen molar-refractivity contribution in [2.45, 2.75) is 31.0 Å². The molecule has 2 saturated heterocycles. The molecule has 154 valence electrons. The van der Waals surface area contributed by atoms with Gasteiger partial charge in [0.1, 0.15) is 6.61 Å². The fourth-order valence-corrected chi connectivity index (χ4v) is 5.39. The number of ether oxygens (including phenoxy) is 2. The van der Waals surface area contributed by atoms with E-state index in [1.807, 2.05) is 36.4 Å². The molecule has 29 heavy (non-hydrogen) atoms. The SMILES string of the molecule is COc1cccc(C2SCC(=O)NC3NNC(C)C32)c1OCc1ccc(Cl)cc1. The molecule has 1 amide bonds. The molecule has 0 spiro atoms. The molecule has 4 unspecified atom stereocenters. The minimum Gasteiger partial charge on any atom is -0.493 e. The first-order valence-corrected chi connectivity index (χ1v) is 11.0. The average Bonchev–Trinajstić information content (AvgIpc) is 2.98. The Kier molecular flexibility index (Phi) is 6.20. The van der Waals surface area contributed by atoms with Crippen LogP contribution in [-0.2, 0) is 11.4 Å². The van der Waals surface area contributed by atoms with Crippen molar-refractivity contribution in [2.24, 2.45) is 5.92 Å². The number of thioether (sulfide) groups is 1. The number of amides is 1. The van der Waals surface area contributed by atoms with Gasteiger partial charge in [-0.2, -0.15) is 0 Å². The smallest absolute Gasteiger partial charge is 0.231 e. The van der Waals surface area contributed by atoms with E-state index in [9.17, 15) is 4.79 Å². The maximum atomic E-state index is 12.2. The van der Waals surface area contributed by atoms with Crippen LogP contribution in [0.5, 0.6) is 11.5 Å². The van der Waals surface area contributed by atoms with Crippen molar-refractivity contribution in [3.8, 4) is 11.5 Å². The normalized spacial score (nSPS) is 26.4. The van der Waals surface area contributed by atoms with Crippen LogP contribution in [-0.4, -0.2) is 31.0 Å². The number of para-hydroxylation sites is 1. The van der Waals surface area contributed by atoms with Crippen molar-refractivity contribution in [3.05, 3.63) is 58.6 Å². The molecule has 8 heteroatoms. The summed E-state index contributed by atoms with van der Waals surface area (Å²) >= 11 is 7.62. The summed E-state index contributed by atoms with van der Waals surface area (Å²) in [5, 5.41) is 3.82. The summed E-state index contributed by atoms with van der Waals surface area (Å²) < 4.78 is 11.9. The maximum absolute atomic E-state index is 12.2. The Labute approximate surface area is 179 Å². The molecule has 6 nitrogen and oxygen atoms in total. The van der Waals surface area contributed by atoms with Gasteiger partial charge in [0.25, 0.3) is 0 Å². The van der Waals surface area contributed by atoms with Gasteiger partial charge in [0.05, 0.1) is 19.0 Å². The molecule has 0 aliphatic carbocycles. The molecule has 0 radical (unpaired) electrons. The number of nitrogens with one attached hydrogen (secondary N) is 3. The van der Waals surface area contributed by atoms with E-state index in [2.05, 4.69) is 29.2 Å². The van der Waals surface area contributed by atoms with Crippen LogP contribution in [0.2, 0.25) is 5.02 Å². The van der Waals surface area contributed by atoms with E-state index in [0.29, 0.717) is 23.1 Å². The van der Waals surface area contributed by atoms with Gasteiger partial charge in [-0.1, -0.05) is 35.9 Å². The lowest BCUT2D eigenvalue weighted by Gasteiger charge is -2.29. The second kappa shape index (κ2) is 8.83. The largest absolute Gasteiger partial charge is 0.493 e. The molecular weight excluding hydrogens is 410 g/mol. The first kappa shape index (κ1) is 20.3. The zero-order chi connectivity index (χ0) is 20.4. The zero-order valence-corrected chi connectivity index (χ0v) is 17.8. The summed E-state index contributed by atoms with van der Waals surface area (Å²) in [5.74, 6) is 2.00. The Morgan fingerprint density at radius 3 is 2.72 bits per heavy atom. The lowest BCUT2D eigenvalue weighted by atomic mass is 9.90. The lowest BCUT2D eigenvalue weighted by molar-refractivity contribution is -0.119. The second-order valence-corrected chi connectivity index (χ2v) is 8.79. The van der Waals surface area contributed by atoms with Gasteiger partial charge in [0.2, 0.25) is 5.91 Å². The number of carbonyl (C=O) groups excluding carboxylic acids is 1. The standard InChI is InChI=1S/C21H24ClN3O3S/c1-12-18-20(29-11-17(26)23-21(18)25-24-12)15-4-3-5-16(27-2)19(15)28-10-13-6-8-14(22)9-7-13/h3-9,12,18,20-21,24-25H,10-11H2,1-2H3,(H,23,26). The summed E-state index contributed by atoms with van der Waals surface area (Å²) in [6.07, 6.45) is -0.132. The second-order valence-electron chi connectivity index (χ2n) is 7.23. The molecule has 3 N–H and O–H groups in total. The van der Waals surface area contributed by atoms with Crippen LogP contribution in [0.3, 0.4) is 0 Å². The van der Waals surface area contributed by atoms with E-state index in [1.165, 1.54) is 0 Å². The Balaban J connectivity index is 1.67. The van der Waals surface area contributed by atoms with Gasteiger partial charge in [-0.15, -0.1) is 11.8 Å². The minimum atomic E-state index is -0.132. The van der Waals surface area contributed by atoms with Crippen LogP contribution in [0.4, 0.5) is 0 Å². The van der Waals surface area contributed by atoms with Crippen LogP contribution in [0.15, 0.2) is 42.5 Å². The molecule has 2 aromatic rings. The lowest BCUT2D eigenvalue weighted by Crippen LogP contribution is -2.46. The molecule has 4 atom stereocenters. The third-order valence-corrected chi connectivity index (χ3v) is 6.93. The van der Waals surface area contributed by atoms with Gasteiger partial charge in [-0.25, -0.2) is 5.43 Å². The van der Waals surface area contributed by atoms with Crippen LogP contribution in [0.25, 0.3) is 0 Å². The van der Waals surface area contributed by atoms with Gasteiger partial charge in [-0.3, -0.25) is 10.2 Å². The summed E-state index contributed by atoms with van der Waals surface area (Å²) in [4.78, 5) is 12.2. The van der Waals surface area contributed by atoms with Crippen molar-refractivity contribution >= 4 is 29.3 Å². The Hall–Kier alpha value is -1.93. The first-order valence-electron chi connectivity index (χ1n) is 9.53. The van der Waals surface area contributed by atoms with Crippen LogP contribution >= 0.6 is 23.4 Å². The van der Waals surface area contributed by atoms with E-state index in [1.54, 1.807) is 18.9 Å². The van der Waals surface area contributed by atoms with Gasteiger partial charge in [0, 0.05) is 27.8 Å². The van der Waals surface area contributed by atoms with Gasteiger partial charge < -0.3 is 14.8 Å². The third-order valence-electron chi connectivity index (χ3n) is 5.32. The highest BCUT2D eigenvalue weighted by molar-refractivity contribution is 8.00. The molecule has 0 aromatic heterocycles. The van der Waals surface area contributed by atoms with Crippen molar-refractivity contribution < 1.29 is 14.3 Å². The van der Waals surface area contributed by atoms with Crippen molar-refractivity contribution in [2.75, 3.05) is 12.9 Å². The molecule has 0 saturated carbocycles. The van der Waals surface area contributed by atoms with Crippen molar-refractivity contribution in [3.63, 3.8) is 0 Å². The van der Waals surface area contributed by atoms with E-state index < -0.39 is 0 Å². The van der Waals surface area contributed by atoms with Crippen LogP contribution in [0, 0.1) is 5.92 Å². The fourth-order valence-electron chi connectivity index (χ4n) is 3.87. The third kappa shape index (κ3) is 4.33. The van der Waals surface area contributed by atoms with E-state index >= 15 is 0 Å². The predicted octanol–water partition coefficient (Wildman–Crippen LogP) is 3.27. The van der Waals surface area contributed by atoms with E-state index in [0.717, 1.165) is 16.9 Å². The van der Waals surface area contributed by atoms with Crippen LogP contribution < -0.4 is 25.6 Å². The van der Waals surface area contributed by atoms with Crippen LogP contribution in [0.1, 0.15) is 23.3 Å². The zero-order valence-electron chi connectivity index (χ0n) is 16.3. The number of carbonyl (C=O) groups is 1. The molecule has 4 rings (SSSR count). The monoisotopic (exact) mass is 433 g/mol. The highest BCUT2D eigenvalue weighted by Gasteiger charge is 2.44. The fraction of sp³-hybridized carbons (Fsp3) is 0.381. The number of halogens is 1. The first-order chi connectivity index (χ1) is 14.1. The number of benzene rings is 2. The Bertz CT molecular complexity index is 880. The van der Waals surface area contributed by atoms with Gasteiger partial charge in [-0.05, 0) is 30.7 Å². The van der Waals surface area contributed by atoms with E-state index in [-0.39, 0.29) is 29.3 Å². The average molecular weight is 434 g/mol. The molecule has 2 aliphatic heterocycles. The summed E-state index contributed by atoms with van der Waals surface area (Å²) in [6.45, 7) is 2.52. The molecule has 2 aromatic carbocycles. The molecule has 2 heterocycles. The highest BCUT2D eigenvalue weighted by Crippen LogP contribution is 2.47. The quantitative estimate of drug-likeness (QED) is 0.672. The molecule has 0 bridgehead atoms. The van der Waals surface area contributed by atoms with E-state index in [4.69, 9.17) is 21.1 Å². The number of hydrazine groups is 1. The number of methoxy groups -OCH3 is 1. The maximum Gasteiger partial charge on any atom is 0.231 e. The van der Waals surface area contributed by atoms with Crippen molar-refractivity contribution in [1.82, 2.24) is 16.2 Å². The van der Waals surface area contributed by atoms with Crippen molar-refractivity contribution in [1.29, 1.82) is 0 Å². The minimum absolute atomic E-state index is 0.0300. The summed E-state index contributed by atoms with van der Waals surface area (Å²) in [7, 11) is 1.64. The Morgan fingerprint density at radius 1 is 1.17 bits per heavy atom. The molecule has 2 fully saturated rings. The summed E-state index contributed by atoms with van der Waals surface area (Å²) in [5.41, 5.74) is 8.52. The summed E-state index contributed by atoms with van der Waals surface area (Å²) in [6, 6.07) is 13.7. The topological polar surface area (TPSA) is 71.6 Å².